The van der Waals surface area contributed by atoms with E-state index in [1.165, 1.54) is 0 Å². The van der Waals surface area contributed by atoms with E-state index in [2.05, 4.69) is 26.2 Å². The van der Waals surface area contributed by atoms with Gasteiger partial charge in [-0.15, -0.1) is 0 Å². The summed E-state index contributed by atoms with van der Waals surface area (Å²) in [7, 11) is 1.63. The number of piperazine rings is 1. The Hall–Kier alpha value is -1.47. The molecule has 2 heterocycles. The van der Waals surface area contributed by atoms with Crippen LogP contribution in [-0.4, -0.2) is 66.4 Å². The van der Waals surface area contributed by atoms with Crippen molar-refractivity contribution in [3.63, 3.8) is 0 Å². The first kappa shape index (κ1) is 14.9. The highest BCUT2D eigenvalue weighted by molar-refractivity contribution is 9.10. The fourth-order valence-corrected chi connectivity index (χ4v) is 2.51. The van der Waals surface area contributed by atoms with Crippen molar-refractivity contribution in [3.05, 3.63) is 28.5 Å². The maximum Gasteiger partial charge on any atom is 0.273 e. The Morgan fingerprint density at radius 3 is 2.65 bits per heavy atom. The van der Waals surface area contributed by atoms with Crippen LogP contribution in [0.1, 0.15) is 10.5 Å². The lowest BCUT2D eigenvalue weighted by Gasteiger charge is -2.34. The van der Waals surface area contributed by atoms with Crippen LogP contribution in [0.5, 0.6) is 0 Å². The van der Waals surface area contributed by atoms with Gasteiger partial charge in [0.25, 0.3) is 5.91 Å². The van der Waals surface area contributed by atoms with Gasteiger partial charge in [0.05, 0.1) is 6.54 Å². The quantitative estimate of drug-likeness (QED) is 0.862. The van der Waals surface area contributed by atoms with Crippen LogP contribution in [0.25, 0.3) is 0 Å². The second kappa shape index (κ2) is 6.81. The molecule has 1 saturated heterocycles. The summed E-state index contributed by atoms with van der Waals surface area (Å²) in [4.78, 5) is 31.6. The van der Waals surface area contributed by atoms with E-state index in [0.717, 1.165) is 0 Å². The summed E-state index contributed by atoms with van der Waals surface area (Å²) < 4.78 is 0.706. The lowest BCUT2D eigenvalue weighted by molar-refractivity contribution is -0.122. The molecule has 0 spiro atoms. The van der Waals surface area contributed by atoms with Gasteiger partial charge in [-0.3, -0.25) is 14.5 Å². The summed E-state index contributed by atoms with van der Waals surface area (Å²) in [6.07, 6.45) is 1.61. The van der Waals surface area contributed by atoms with Crippen molar-refractivity contribution in [1.29, 1.82) is 0 Å². The minimum atomic E-state index is -0.0722. The Labute approximate surface area is 126 Å². The maximum atomic E-state index is 12.3. The molecule has 2 amide bonds. The van der Waals surface area contributed by atoms with Crippen LogP contribution in [-0.2, 0) is 4.79 Å². The Morgan fingerprint density at radius 2 is 2.05 bits per heavy atom. The first-order chi connectivity index (χ1) is 9.61. The molecule has 1 aromatic heterocycles. The van der Waals surface area contributed by atoms with Gasteiger partial charge < -0.3 is 10.2 Å². The fraction of sp³-hybridized carbons (Fsp3) is 0.462. The largest absolute Gasteiger partial charge is 0.358 e. The third-order valence-corrected chi connectivity index (χ3v) is 3.91. The number of amides is 2. The molecular weight excluding hydrogens is 324 g/mol. The number of nitrogens with one attached hydrogen (secondary N) is 1. The van der Waals surface area contributed by atoms with Crippen molar-refractivity contribution >= 4 is 27.7 Å². The predicted molar refractivity (Wildman–Crippen MR) is 78.3 cm³/mol. The van der Waals surface area contributed by atoms with Gasteiger partial charge >= 0.3 is 0 Å². The summed E-state index contributed by atoms with van der Waals surface area (Å²) in [5.74, 6) is -0.0747. The number of hydrogen-bond donors (Lipinski definition) is 1. The number of hydrogen-bond acceptors (Lipinski definition) is 4. The standard InChI is InChI=1S/C13H17BrN4O2/c1-15-11(19)9-17-5-7-18(8-6-17)13(20)12-10(14)3-2-4-16-12/h2-4H,5-9H2,1H3,(H,15,19). The zero-order valence-electron chi connectivity index (χ0n) is 11.3. The van der Waals surface area contributed by atoms with Gasteiger partial charge in [-0.25, -0.2) is 4.98 Å². The Kier molecular flexibility index (Phi) is 5.08. The Balaban J connectivity index is 1.92. The molecule has 2 rings (SSSR count). The molecule has 1 aliphatic heterocycles. The molecule has 1 aromatic rings. The van der Waals surface area contributed by atoms with E-state index >= 15 is 0 Å². The first-order valence-corrected chi connectivity index (χ1v) is 7.24. The van der Waals surface area contributed by atoms with Gasteiger partial charge in [-0.1, -0.05) is 0 Å². The SMILES string of the molecule is CNC(=O)CN1CCN(C(=O)c2ncccc2Br)CC1. The highest BCUT2D eigenvalue weighted by Gasteiger charge is 2.24. The lowest BCUT2D eigenvalue weighted by atomic mass is 10.2. The monoisotopic (exact) mass is 340 g/mol. The van der Waals surface area contributed by atoms with Gasteiger partial charge in [-0.05, 0) is 28.1 Å². The predicted octanol–water partition coefficient (Wildman–Crippen LogP) is 0.348. The summed E-state index contributed by atoms with van der Waals surface area (Å²) in [5.41, 5.74) is 0.437. The first-order valence-electron chi connectivity index (χ1n) is 6.44. The van der Waals surface area contributed by atoms with Crippen LogP contribution in [0.3, 0.4) is 0 Å². The normalized spacial score (nSPS) is 16.0. The van der Waals surface area contributed by atoms with Gasteiger partial charge in [0, 0.05) is 43.9 Å². The number of likely N-dealkylation sites (N-methyl/N-ethyl adjacent to an activating group) is 1. The van der Waals surface area contributed by atoms with Crippen LogP contribution >= 0.6 is 15.9 Å². The second-order valence-corrected chi connectivity index (χ2v) is 5.43. The van der Waals surface area contributed by atoms with Gasteiger partial charge in [0.15, 0.2) is 0 Å². The number of carbonyl (C=O) groups excluding carboxylic acids is 2. The van der Waals surface area contributed by atoms with Crippen molar-refractivity contribution in [2.45, 2.75) is 0 Å². The molecule has 1 fully saturated rings. The summed E-state index contributed by atoms with van der Waals surface area (Å²) in [6, 6.07) is 3.59. The van der Waals surface area contributed by atoms with E-state index < -0.39 is 0 Å². The third kappa shape index (κ3) is 3.55. The van der Waals surface area contributed by atoms with E-state index in [-0.39, 0.29) is 11.8 Å². The zero-order chi connectivity index (χ0) is 14.5. The molecule has 1 N–H and O–H groups in total. The van der Waals surface area contributed by atoms with Crippen LogP contribution < -0.4 is 5.32 Å². The molecule has 0 unspecified atom stereocenters. The number of carbonyl (C=O) groups is 2. The van der Waals surface area contributed by atoms with E-state index in [1.807, 2.05) is 11.0 Å². The Morgan fingerprint density at radius 1 is 1.35 bits per heavy atom. The molecule has 0 bridgehead atoms. The van der Waals surface area contributed by atoms with E-state index in [1.54, 1.807) is 24.2 Å². The van der Waals surface area contributed by atoms with Crippen molar-refractivity contribution in [1.82, 2.24) is 20.1 Å². The average molecular weight is 341 g/mol. The zero-order valence-corrected chi connectivity index (χ0v) is 12.9. The van der Waals surface area contributed by atoms with Crippen molar-refractivity contribution < 1.29 is 9.59 Å². The number of rotatable bonds is 3. The minimum Gasteiger partial charge on any atom is -0.358 e. The van der Waals surface area contributed by atoms with Gasteiger partial charge in [-0.2, -0.15) is 0 Å². The molecule has 6 nitrogen and oxygen atoms in total. The summed E-state index contributed by atoms with van der Waals surface area (Å²) >= 11 is 3.34. The smallest absolute Gasteiger partial charge is 0.273 e. The number of nitrogens with zero attached hydrogens (tertiary/aromatic N) is 3. The topological polar surface area (TPSA) is 65.5 Å². The summed E-state index contributed by atoms with van der Waals surface area (Å²) in [6.45, 7) is 3.00. The number of pyridine rings is 1. The molecule has 108 valence electrons. The molecule has 0 saturated carbocycles. The highest BCUT2D eigenvalue weighted by Crippen LogP contribution is 2.16. The molecular formula is C13H17BrN4O2. The lowest BCUT2D eigenvalue weighted by Crippen LogP contribution is -2.51. The van der Waals surface area contributed by atoms with Crippen molar-refractivity contribution in [2.75, 3.05) is 39.8 Å². The average Bonchev–Trinajstić information content (AvgIpc) is 2.47. The summed E-state index contributed by atoms with van der Waals surface area (Å²) in [5, 5.41) is 2.60. The van der Waals surface area contributed by atoms with Crippen LogP contribution in [0.15, 0.2) is 22.8 Å². The molecule has 0 atom stereocenters. The van der Waals surface area contributed by atoms with E-state index in [9.17, 15) is 9.59 Å². The van der Waals surface area contributed by atoms with Crippen LogP contribution in [0, 0.1) is 0 Å². The molecule has 7 heteroatoms. The number of aromatic nitrogens is 1. The second-order valence-electron chi connectivity index (χ2n) is 4.58. The van der Waals surface area contributed by atoms with Gasteiger partial charge in [0.2, 0.25) is 5.91 Å². The fourth-order valence-electron chi connectivity index (χ4n) is 2.08. The van der Waals surface area contributed by atoms with Crippen molar-refractivity contribution in [3.8, 4) is 0 Å². The maximum absolute atomic E-state index is 12.3. The molecule has 0 aromatic carbocycles. The van der Waals surface area contributed by atoms with Crippen LogP contribution in [0.4, 0.5) is 0 Å². The van der Waals surface area contributed by atoms with Crippen molar-refractivity contribution in [2.24, 2.45) is 0 Å². The third-order valence-electron chi connectivity index (χ3n) is 3.27. The number of halogens is 1. The Bertz CT molecular complexity index is 501. The molecule has 20 heavy (non-hydrogen) atoms. The van der Waals surface area contributed by atoms with Crippen LogP contribution in [0.2, 0.25) is 0 Å². The van der Waals surface area contributed by atoms with E-state index in [4.69, 9.17) is 0 Å². The molecule has 0 aliphatic carbocycles. The molecule has 1 aliphatic rings. The molecule has 0 radical (unpaired) electrons. The van der Waals surface area contributed by atoms with E-state index in [0.29, 0.717) is 42.9 Å². The minimum absolute atomic E-state index is 0.00255. The van der Waals surface area contributed by atoms with Gasteiger partial charge in [0.1, 0.15) is 5.69 Å². The highest BCUT2D eigenvalue weighted by atomic mass is 79.9.